The van der Waals surface area contributed by atoms with Crippen molar-refractivity contribution >= 4 is 33.8 Å². The summed E-state index contributed by atoms with van der Waals surface area (Å²) >= 11 is 3.46. The highest BCUT2D eigenvalue weighted by Gasteiger charge is 2.33. The van der Waals surface area contributed by atoms with Gasteiger partial charge in [-0.1, -0.05) is 58.4 Å². The van der Waals surface area contributed by atoms with E-state index in [0.717, 1.165) is 10.0 Å². The standard InChI is InChI=1S/C17H12BrNO2/c18-15-10-4-1-6-12(15)7-5-11-19-16(20)13-8-2-3-9-14(13)17(19)21/h1-10H,11H2. The maximum atomic E-state index is 12.2. The number of amides is 2. The average molecular weight is 342 g/mol. The number of hydrogen-bond donors (Lipinski definition) is 0. The van der Waals surface area contributed by atoms with E-state index in [2.05, 4.69) is 15.9 Å². The number of fused-ring (bicyclic) bond motifs is 1. The van der Waals surface area contributed by atoms with E-state index < -0.39 is 0 Å². The molecule has 2 amide bonds. The molecule has 4 heteroatoms. The van der Waals surface area contributed by atoms with Crippen LogP contribution in [0, 0.1) is 0 Å². The lowest BCUT2D eigenvalue weighted by molar-refractivity contribution is 0.0672. The van der Waals surface area contributed by atoms with Gasteiger partial charge in [-0.3, -0.25) is 14.5 Å². The van der Waals surface area contributed by atoms with Crippen LogP contribution in [0.4, 0.5) is 0 Å². The van der Waals surface area contributed by atoms with Gasteiger partial charge in [0.2, 0.25) is 0 Å². The molecular weight excluding hydrogens is 330 g/mol. The van der Waals surface area contributed by atoms with Crippen LogP contribution in [0.2, 0.25) is 0 Å². The molecule has 1 aliphatic rings. The van der Waals surface area contributed by atoms with Crippen molar-refractivity contribution in [3.8, 4) is 0 Å². The molecule has 3 rings (SSSR count). The predicted molar refractivity (Wildman–Crippen MR) is 85.0 cm³/mol. The van der Waals surface area contributed by atoms with Crippen LogP contribution >= 0.6 is 15.9 Å². The molecule has 1 heterocycles. The Morgan fingerprint density at radius 2 is 1.48 bits per heavy atom. The lowest BCUT2D eigenvalue weighted by Gasteiger charge is -2.10. The van der Waals surface area contributed by atoms with E-state index in [1.165, 1.54) is 4.90 Å². The molecule has 21 heavy (non-hydrogen) atoms. The fraction of sp³-hybridized carbons (Fsp3) is 0.0588. The van der Waals surface area contributed by atoms with Gasteiger partial charge in [0.25, 0.3) is 11.8 Å². The molecule has 0 radical (unpaired) electrons. The SMILES string of the molecule is O=C1c2ccccc2C(=O)N1CC=Cc1ccccc1Br. The second-order valence-electron chi connectivity index (χ2n) is 4.69. The molecule has 0 atom stereocenters. The average Bonchev–Trinajstić information content (AvgIpc) is 2.74. The minimum atomic E-state index is -0.229. The summed E-state index contributed by atoms with van der Waals surface area (Å²) in [6.07, 6.45) is 3.72. The first kappa shape index (κ1) is 13.8. The number of nitrogens with zero attached hydrogens (tertiary/aromatic N) is 1. The molecule has 104 valence electrons. The Morgan fingerprint density at radius 1 is 0.905 bits per heavy atom. The highest BCUT2D eigenvalue weighted by Crippen LogP contribution is 2.22. The van der Waals surface area contributed by atoms with Crippen LogP contribution in [-0.2, 0) is 0 Å². The smallest absolute Gasteiger partial charge is 0.261 e. The number of carbonyl (C=O) groups is 2. The third-order valence-corrected chi connectivity index (χ3v) is 4.09. The second-order valence-corrected chi connectivity index (χ2v) is 5.54. The van der Waals surface area contributed by atoms with E-state index >= 15 is 0 Å². The molecule has 0 unspecified atom stereocenters. The zero-order valence-electron chi connectivity index (χ0n) is 11.1. The van der Waals surface area contributed by atoms with Gasteiger partial charge in [0.1, 0.15) is 0 Å². The van der Waals surface area contributed by atoms with Crippen molar-refractivity contribution in [2.24, 2.45) is 0 Å². The largest absolute Gasteiger partial charge is 0.270 e. The number of hydrogen-bond acceptors (Lipinski definition) is 2. The Labute approximate surface area is 131 Å². The van der Waals surface area contributed by atoms with Crippen LogP contribution in [0.25, 0.3) is 6.08 Å². The van der Waals surface area contributed by atoms with Gasteiger partial charge < -0.3 is 0 Å². The quantitative estimate of drug-likeness (QED) is 0.797. The summed E-state index contributed by atoms with van der Waals surface area (Å²) in [6.45, 7) is 0.272. The highest BCUT2D eigenvalue weighted by atomic mass is 79.9. The van der Waals surface area contributed by atoms with E-state index in [1.807, 2.05) is 36.4 Å². The van der Waals surface area contributed by atoms with Gasteiger partial charge in [0.15, 0.2) is 0 Å². The summed E-state index contributed by atoms with van der Waals surface area (Å²) < 4.78 is 0.976. The molecule has 3 nitrogen and oxygen atoms in total. The normalized spacial score (nSPS) is 14.0. The summed E-state index contributed by atoms with van der Waals surface area (Å²) in [6, 6.07) is 14.7. The molecule has 2 aromatic rings. The van der Waals surface area contributed by atoms with E-state index in [-0.39, 0.29) is 18.4 Å². The van der Waals surface area contributed by atoms with Crippen molar-refractivity contribution in [2.45, 2.75) is 0 Å². The van der Waals surface area contributed by atoms with Crippen LogP contribution in [0.3, 0.4) is 0 Å². The lowest BCUT2D eigenvalue weighted by Crippen LogP contribution is -2.29. The molecule has 0 saturated carbocycles. The third-order valence-electron chi connectivity index (χ3n) is 3.37. The molecule has 0 N–H and O–H groups in total. The van der Waals surface area contributed by atoms with Crippen molar-refractivity contribution in [3.05, 3.63) is 75.8 Å². The predicted octanol–water partition coefficient (Wildman–Crippen LogP) is 3.76. The van der Waals surface area contributed by atoms with Crippen molar-refractivity contribution < 1.29 is 9.59 Å². The summed E-state index contributed by atoms with van der Waals surface area (Å²) in [5.41, 5.74) is 1.97. The van der Waals surface area contributed by atoms with E-state index in [9.17, 15) is 9.59 Å². The topological polar surface area (TPSA) is 37.4 Å². The molecule has 2 aromatic carbocycles. The fourth-order valence-corrected chi connectivity index (χ4v) is 2.72. The molecule has 0 spiro atoms. The molecular formula is C17H12BrNO2. The minimum absolute atomic E-state index is 0.229. The van der Waals surface area contributed by atoms with Gasteiger partial charge >= 0.3 is 0 Å². The molecule has 0 bridgehead atoms. The fourth-order valence-electron chi connectivity index (χ4n) is 2.30. The summed E-state index contributed by atoms with van der Waals surface area (Å²) in [7, 11) is 0. The van der Waals surface area contributed by atoms with Gasteiger partial charge in [0, 0.05) is 11.0 Å². The number of benzene rings is 2. The first-order valence-corrected chi connectivity index (χ1v) is 7.34. The Balaban J connectivity index is 1.77. The maximum absolute atomic E-state index is 12.2. The Morgan fingerprint density at radius 3 is 2.10 bits per heavy atom. The highest BCUT2D eigenvalue weighted by molar-refractivity contribution is 9.10. The van der Waals surface area contributed by atoms with E-state index in [1.54, 1.807) is 24.3 Å². The van der Waals surface area contributed by atoms with E-state index in [4.69, 9.17) is 0 Å². The molecule has 1 aliphatic heterocycles. The Kier molecular flexibility index (Phi) is 3.71. The van der Waals surface area contributed by atoms with E-state index in [0.29, 0.717) is 11.1 Å². The van der Waals surface area contributed by atoms with Crippen molar-refractivity contribution in [2.75, 3.05) is 6.54 Å². The molecule has 0 aliphatic carbocycles. The zero-order valence-corrected chi connectivity index (χ0v) is 12.7. The monoisotopic (exact) mass is 341 g/mol. The lowest BCUT2D eigenvalue weighted by atomic mass is 10.1. The summed E-state index contributed by atoms with van der Waals surface area (Å²) in [5.74, 6) is -0.459. The van der Waals surface area contributed by atoms with Crippen LogP contribution < -0.4 is 0 Å². The molecule has 0 saturated heterocycles. The minimum Gasteiger partial charge on any atom is -0.270 e. The summed E-state index contributed by atoms with van der Waals surface area (Å²) in [4.78, 5) is 25.6. The van der Waals surface area contributed by atoms with Crippen LogP contribution in [0.1, 0.15) is 26.3 Å². The molecule has 0 aromatic heterocycles. The van der Waals surface area contributed by atoms with Gasteiger partial charge in [-0.05, 0) is 23.8 Å². The van der Waals surface area contributed by atoms with Crippen LogP contribution in [-0.4, -0.2) is 23.3 Å². The van der Waals surface area contributed by atoms with Crippen molar-refractivity contribution in [3.63, 3.8) is 0 Å². The second kappa shape index (κ2) is 5.66. The maximum Gasteiger partial charge on any atom is 0.261 e. The number of imide groups is 1. The number of carbonyl (C=O) groups excluding carboxylic acids is 2. The van der Waals surface area contributed by atoms with Crippen molar-refractivity contribution in [1.82, 2.24) is 4.90 Å². The summed E-state index contributed by atoms with van der Waals surface area (Å²) in [5, 5.41) is 0. The van der Waals surface area contributed by atoms with Crippen LogP contribution in [0.5, 0.6) is 0 Å². The first-order valence-electron chi connectivity index (χ1n) is 6.55. The van der Waals surface area contributed by atoms with Crippen LogP contribution in [0.15, 0.2) is 59.1 Å². The first-order chi connectivity index (χ1) is 10.2. The van der Waals surface area contributed by atoms with Gasteiger partial charge in [0.05, 0.1) is 11.1 Å². The van der Waals surface area contributed by atoms with Gasteiger partial charge in [-0.2, -0.15) is 0 Å². The van der Waals surface area contributed by atoms with Crippen molar-refractivity contribution in [1.29, 1.82) is 0 Å². The zero-order chi connectivity index (χ0) is 14.8. The Bertz CT molecular complexity index is 717. The molecule has 0 fully saturated rings. The number of halogens is 1. The van der Waals surface area contributed by atoms with Gasteiger partial charge in [-0.15, -0.1) is 0 Å². The van der Waals surface area contributed by atoms with Gasteiger partial charge in [-0.25, -0.2) is 0 Å². The third kappa shape index (κ3) is 2.54. The number of rotatable bonds is 3. The Hall–Kier alpha value is -2.20.